The Kier molecular flexibility index (Phi) is 3.94. The summed E-state index contributed by atoms with van der Waals surface area (Å²) in [6.07, 6.45) is 0. The van der Waals surface area contributed by atoms with Gasteiger partial charge in [0.25, 0.3) is 0 Å². The summed E-state index contributed by atoms with van der Waals surface area (Å²) in [6, 6.07) is 1.80. The number of anilines is 1. The van der Waals surface area contributed by atoms with Crippen LogP contribution in [-0.2, 0) is 4.79 Å². The van der Waals surface area contributed by atoms with Crippen molar-refractivity contribution >= 4 is 11.8 Å². The molecule has 0 aliphatic carbocycles. The number of carboxylic acids is 1. The van der Waals surface area contributed by atoms with Crippen LogP contribution in [0, 0.1) is 6.92 Å². The van der Waals surface area contributed by atoms with E-state index in [4.69, 9.17) is 0 Å². The van der Waals surface area contributed by atoms with E-state index in [2.05, 4.69) is 9.97 Å². The summed E-state index contributed by atoms with van der Waals surface area (Å²) in [6.45, 7) is 9.23. The van der Waals surface area contributed by atoms with Crippen LogP contribution in [0.4, 0.5) is 5.82 Å². The lowest BCUT2D eigenvalue weighted by molar-refractivity contribution is -0.142. The van der Waals surface area contributed by atoms with Crippen LogP contribution in [0.15, 0.2) is 6.07 Å². The van der Waals surface area contributed by atoms with Crippen molar-refractivity contribution < 1.29 is 9.90 Å². The number of likely N-dealkylation sites (N-methyl/N-ethyl adjacent to an activating group) is 1. The quantitative estimate of drug-likeness (QED) is 0.888. The molecule has 0 saturated heterocycles. The van der Waals surface area contributed by atoms with Crippen LogP contribution in [0.2, 0.25) is 0 Å². The van der Waals surface area contributed by atoms with Crippen LogP contribution >= 0.6 is 0 Å². The molecule has 0 aliphatic heterocycles. The Morgan fingerprint density at radius 2 is 1.94 bits per heavy atom. The first-order chi connectivity index (χ1) is 8.16. The third-order valence-electron chi connectivity index (χ3n) is 3.08. The predicted octanol–water partition coefficient (Wildman–Crippen LogP) is 2.21. The van der Waals surface area contributed by atoms with Gasteiger partial charge in [0.1, 0.15) is 17.2 Å². The minimum Gasteiger partial charge on any atom is -0.480 e. The van der Waals surface area contributed by atoms with Gasteiger partial charge in [-0.1, -0.05) is 13.8 Å². The molecule has 0 spiro atoms. The van der Waals surface area contributed by atoms with Gasteiger partial charge in [-0.15, -0.1) is 0 Å². The highest BCUT2D eigenvalue weighted by Gasteiger charge is 2.33. The standard InChI is InChI=1S/C13H21N3O2/c1-8(2)11-14-9(3)7-10(15-11)16(6)13(4,5)12(17)18/h7-8H,1-6H3,(H,17,18). The van der Waals surface area contributed by atoms with Gasteiger partial charge in [0.2, 0.25) is 0 Å². The minimum atomic E-state index is -1.00. The molecule has 0 unspecified atom stereocenters. The van der Waals surface area contributed by atoms with Gasteiger partial charge in [-0.05, 0) is 20.8 Å². The fourth-order valence-corrected chi connectivity index (χ4v) is 1.43. The Labute approximate surface area is 108 Å². The molecule has 1 N–H and O–H groups in total. The smallest absolute Gasteiger partial charge is 0.328 e. The normalized spacial score (nSPS) is 11.7. The molecular weight excluding hydrogens is 230 g/mol. The molecule has 1 aromatic rings. The monoisotopic (exact) mass is 251 g/mol. The van der Waals surface area contributed by atoms with Crippen molar-refractivity contribution in [3.8, 4) is 0 Å². The van der Waals surface area contributed by atoms with Gasteiger partial charge in [0, 0.05) is 24.7 Å². The molecule has 0 saturated carbocycles. The van der Waals surface area contributed by atoms with E-state index in [0.29, 0.717) is 5.82 Å². The van der Waals surface area contributed by atoms with Crippen LogP contribution in [0.1, 0.15) is 45.1 Å². The number of hydrogen-bond acceptors (Lipinski definition) is 4. The van der Waals surface area contributed by atoms with Gasteiger partial charge in [0.15, 0.2) is 0 Å². The summed E-state index contributed by atoms with van der Waals surface area (Å²) < 4.78 is 0. The molecule has 100 valence electrons. The molecule has 18 heavy (non-hydrogen) atoms. The van der Waals surface area contributed by atoms with E-state index >= 15 is 0 Å². The lowest BCUT2D eigenvalue weighted by Gasteiger charge is -2.32. The van der Waals surface area contributed by atoms with Crippen LogP contribution in [-0.4, -0.2) is 33.6 Å². The van der Waals surface area contributed by atoms with Gasteiger partial charge in [0.05, 0.1) is 0 Å². The second-order valence-corrected chi connectivity index (χ2v) is 5.30. The minimum absolute atomic E-state index is 0.213. The van der Waals surface area contributed by atoms with E-state index in [1.54, 1.807) is 31.9 Å². The number of nitrogens with zero attached hydrogens (tertiary/aromatic N) is 3. The lowest BCUT2D eigenvalue weighted by Crippen LogP contribution is -2.48. The van der Waals surface area contributed by atoms with Crippen molar-refractivity contribution in [1.82, 2.24) is 9.97 Å². The van der Waals surface area contributed by atoms with E-state index in [1.165, 1.54) is 0 Å². The number of aliphatic carboxylic acids is 1. The van der Waals surface area contributed by atoms with E-state index in [-0.39, 0.29) is 5.92 Å². The summed E-state index contributed by atoms with van der Waals surface area (Å²) in [5, 5.41) is 9.24. The van der Waals surface area contributed by atoms with Crippen LogP contribution < -0.4 is 4.90 Å². The number of carboxylic acid groups (broad SMARTS) is 1. The summed E-state index contributed by atoms with van der Waals surface area (Å²) in [5.41, 5.74) is -0.161. The molecule has 1 heterocycles. The summed E-state index contributed by atoms with van der Waals surface area (Å²) in [5.74, 6) is 0.703. The van der Waals surface area contributed by atoms with Gasteiger partial charge >= 0.3 is 5.97 Å². The maximum Gasteiger partial charge on any atom is 0.328 e. The molecule has 0 amide bonds. The number of rotatable bonds is 4. The second kappa shape index (κ2) is 4.92. The highest BCUT2D eigenvalue weighted by molar-refractivity contribution is 5.81. The Morgan fingerprint density at radius 1 is 1.39 bits per heavy atom. The number of aromatic nitrogens is 2. The van der Waals surface area contributed by atoms with Gasteiger partial charge in [-0.2, -0.15) is 0 Å². The summed E-state index contributed by atoms with van der Waals surface area (Å²) in [4.78, 5) is 21.7. The maximum atomic E-state index is 11.3. The van der Waals surface area contributed by atoms with E-state index in [0.717, 1.165) is 11.5 Å². The van der Waals surface area contributed by atoms with Crippen LogP contribution in [0.25, 0.3) is 0 Å². The lowest BCUT2D eigenvalue weighted by atomic mass is 10.0. The first-order valence-electron chi connectivity index (χ1n) is 5.99. The van der Waals surface area contributed by atoms with E-state index < -0.39 is 11.5 Å². The second-order valence-electron chi connectivity index (χ2n) is 5.30. The van der Waals surface area contributed by atoms with Crippen LogP contribution in [0.5, 0.6) is 0 Å². The third kappa shape index (κ3) is 2.78. The zero-order chi connectivity index (χ0) is 14.1. The summed E-state index contributed by atoms with van der Waals surface area (Å²) in [7, 11) is 1.74. The zero-order valence-electron chi connectivity index (χ0n) is 11.9. The summed E-state index contributed by atoms with van der Waals surface area (Å²) >= 11 is 0. The molecule has 0 bridgehead atoms. The number of carbonyl (C=O) groups is 1. The Bertz CT molecular complexity index is 456. The highest BCUT2D eigenvalue weighted by atomic mass is 16.4. The average Bonchev–Trinajstić information content (AvgIpc) is 2.26. The first kappa shape index (κ1) is 14.4. The molecule has 1 rings (SSSR count). The van der Waals surface area contributed by atoms with Gasteiger partial charge < -0.3 is 10.0 Å². The molecule has 5 nitrogen and oxygen atoms in total. The highest BCUT2D eigenvalue weighted by Crippen LogP contribution is 2.22. The van der Waals surface area contributed by atoms with Crippen molar-refractivity contribution in [2.24, 2.45) is 0 Å². The molecule has 0 aliphatic rings. The molecule has 0 aromatic carbocycles. The van der Waals surface area contributed by atoms with Crippen molar-refractivity contribution in [2.45, 2.75) is 46.1 Å². The average molecular weight is 251 g/mol. The van der Waals surface area contributed by atoms with Crippen molar-refractivity contribution in [2.75, 3.05) is 11.9 Å². The fourth-order valence-electron chi connectivity index (χ4n) is 1.43. The van der Waals surface area contributed by atoms with Crippen molar-refractivity contribution in [3.05, 3.63) is 17.6 Å². The molecule has 0 radical (unpaired) electrons. The Hall–Kier alpha value is -1.65. The van der Waals surface area contributed by atoms with E-state index in [9.17, 15) is 9.90 Å². The van der Waals surface area contributed by atoms with Crippen molar-refractivity contribution in [3.63, 3.8) is 0 Å². The Balaban J connectivity index is 3.21. The maximum absolute atomic E-state index is 11.3. The van der Waals surface area contributed by atoms with E-state index in [1.807, 2.05) is 20.8 Å². The zero-order valence-corrected chi connectivity index (χ0v) is 11.9. The first-order valence-corrected chi connectivity index (χ1v) is 5.99. The molecular formula is C13H21N3O2. The number of hydrogen-bond donors (Lipinski definition) is 1. The molecule has 0 fully saturated rings. The predicted molar refractivity (Wildman–Crippen MR) is 71.0 cm³/mol. The third-order valence-corrected chi connectivity index (χ3v) is 3.08. The number of aryl methyl sites for hydroxylation is 1. The fraction of sp³-hybridized carbons (Fsp3) is 0.615. The van der Waals surface area contributed by atoms with Gasteiger partial charge in [-0.25, -0.2) is 14.8 Å². The Morgan fingerprint density at radius 3 is 2.39 bits per heavy atom. The topological polar surface area (TPSA) is 66.3 Å². The van der Waals surface area contributed by atoms with Gasteiger partial charge in [-0.3, -0.25) is 0 Å². The van der Waals surface area contributed by atoms with Crippen molar-refractivity contribution in [1.29, 1.82) is 0 Å². The SMILES string of the molecule is Cc1cc(N(C)C(C)(C)C(=O)O)nc(C(C)C)n1. The molecule has 1 aromatic heterocycles. The van der Waals surface area contributed by atoms with Crippen LogP contribution in [0.3, 0.4) is 0 Å². The molecule has 0 atom stereocenters. The largest absolute Gasteiger partial charge is 0.480 e. The molecule has 5 heteroatoms.